The number of aliphatic hydroxyl groups excluding tert-OH is 2. The Morgan fingerprint density at radius 1 is 1.36 bits per heavy atom. The molecule has 66 valence electrons. The van der Waals surface area contributed by atoms with Crippen molar-refractivity contribution in [3.8, 4) is 0 Å². The van der Waals surface area contributed by atoms with Crippen LogP contribution in [-0.4, -0.2) is 34.5 Å². The third-order valence-corrected chi connectivity index (χ3v) is 1.54. The monoisotopic (exact) mass is 162 g/mol. The van der Waals surface area contributed by atoms with Crippen LogP contribution in [0.25, 0.3) is 0 Å². The fourth-order valence-corrected chi connectivity index (χ4v) is 0.758. The lowest BCUT2D eigenvalue weighted by Gasteiger charge is -1.84. The molecule has 0 unspecified atom stereocenters. The van der Waals surface area contributed by atoms with Gasteiger partial charge in [-0.15, -0.1) is 0 Å². The zero-order valence-electron chi connectivity index (χ0n) is 6.53. The van der Waals surface area contributed by atoms with Crippen molar-refractivity contribution in [3.05, 3.63) is 0 Å². The molecular weight excluding hydrogens is 148 g/mol. The smallest absolute Gasteiger partial charge is 0.300 e. The Hall–Kier alpha value is -0.610. The first-order chi connectivity index (χ1) is 5.11. The van der Waals surface area contributed by atoms with Crippen LogP contribution in [0.3, 0.4) is 0 Å². The highest BCUT2D eigenvalue weighted by Gasteiger charge is 2.35. The Balaban J connectivity index is 0.000000218. The van der Waals surface area contributed by atoms with Crippen molar-refractivity contribution in [1.82, 2.24) is 0 Å². The van der Waals surface area contributed by atoms with E-state index >= 15 is 0 Å². The minimum Gasteiger partial charge on any atom is -0.481 e. The van der Waals surface area contributed by atoms with Crippen LogP contribution < -0.4 is 0 Å². The molecule has 0 bridgehead atoms. The Bertz CT molecular complexity index is 112. The molecule has 11 heavy (non-hydrogen) atoms. The van der Waals surface area contributed by atoms with Crippen molar-refractivity contribution in [2.45, 2.75) is 13.3 Å². The number of hydrogen-bond acceptors (Lipinski definition) is 3. The summed E-state index contributed by atoms with van der Waals surface area (Å²) in [5, 5.41) is 24.2. The third kappa shape index (κ3) is 5.82. The summed E-state index contributed by atoms with van der Waals surface area (Å²) in [7, 11) is 0. The zero-order valence-corrected chi connectivity index (χ0v) is 6.53. The van der Waals surface area contributed by atoms with Gasteiger partial charge in [-0.1, -0.05) is 0 Å². The highest BCUT2D eigenvalue weighted by atomic mass is 16.4. The maximum absolute atomic E-state index is 9.00. The lowest BCUT2D eigenvalue weighted by molar-refractivity contribution is -0.134. The first-order valence-electron chi connectivity index (χ1n) is 3.53. The SMILES string of the molecule is CC(=O)O.OC[C@@H]1C[C@@H]1CO. The molecule has 0 radical (unpaired) electrons. The van der Waals surface area contributed by atoms with E-state index in [-0.39, 0.29) is 13.2 Å². The number of hydrogen-bond donors (Lipinski definition) is 3. The summed E-state index contributed by atoms with van der Waals surface area (Å²) in [6, 6.07) is 0. The fourth-order valence-electron chi connectivity index (χ4n) is 0.758. The molecule has 0 aliphatic heterocycles. The van der Waals surface area contributed by atoms with Gasteiger partial charge in [0.05, 0.1) is 0 Å². The number of carbonyl (C=O) groups is 1. The topological polar surface area (TPSA) is 77.8 Å². The van der Waals surface area contributed by atoms with Crippen LogP contribution in [0.4, 0.5) is 0 Å². The number of carboxylic acids is 1. The summed E-state index contributed by atoms with van der Waals surface area (Å²) in [6.07, 6.45) is 1.02. The number of aliphatic hydroxyl groups is 2. The van der Waals surface area contributed by atoms with E-state index in [2.05, 4.69) is 0 Å². The molecule has 0 spiro atoms. The largest absolute Gasteiger partial charge is 0.481 e. The standard InChI is InChI=1S/C5H10O2.C2H4O2/c6-2-4-1-5(4)3-7;1-2(3)4/h4-7H,1-3H2;1H3,(H,3,4)/t4-,5+;. The van der Waals surface area contributed by atoms with Crippen molar-refractivity contribution in [3.63, 3.8) is 0 Å². The second-order valence-corrected chi connectivity index (χ2v) is 2.64. The van der Waals surface area contributed by atoms with Gasteiger partial charge >= 0.3 is 0 Å². The van der Waals surface area contributed by atoms with E-state index in [0.29, 0.717) is 11.8 Å². The van der Waals surface area contributed by atoms with Gasteiger partial charge in [0.15, 0.2) is 0 Å². The predicted molar refractivity (Wildman–Crippen MR) is 39.1 cm³/mol. The Labute approximate surface area is 65.5 Å². The Kier molecular flexibility index (Phi) is 4.81. The predicted octanol–water partition coefficient (Wildman–Crippen LogP) is -0.302. The highest BCUT2D eigenvalue weighted by molar-refractivity contribution is 5.62. The average Bonchev–Trinajstić information content (AvgIpc) is 2.64. The quantitative estimate of drug-likeness (QED) is 0.521. The van der Waals surface area contributed by atoms with Gasteiger partial charge in [-0.3, -0.25) is 4.79 Å². The number of rotatable bonds is 2. The maximum atomic E-state index is 9.00. The van der Waals surface area contributed by atoms with Crippen molar-refractivity contribution in [2.24, 2.45) is 11.8 Å². The maximum Gasteiger partial charge on any atom is 0.300 e. The van der Waals surface area contributed by atoms with Gasteiger partial charge in [0, 0.05) is 20.1 Å². The summed E-state index contributed by atoms with van der Waals surface area (Å²) >= 11 is 0. The van der Waals surface area contributed by atoms with E-state index in [1.165, 1.54) is 0 Å². The first-order valence-corrected chi connectivity index (χ1v) is 3.53. The van der Waals surface area contributed by atoms with Gasteiger partial charge in [-0.25, -0.2) is 0 Å². The summed E-state index contributed by atoms with van der Waals surface area (Å²) in [5.74, 6) is 0.00926. The van der Waals surface area contributed by atoms with E-state index in [9.17, 15) is 0 Å². The molecule has 1 saturated carbocycles. The summed E-state index contributed by atoms with van der Waals surface area (Å²) in [5.41, 5.74) is 0. The molecule has 4 heteroatoms. The molecular formula is C7H14O4. The first kappa shape index (κ1) is 10.4. The van der Waals surface area contributed by atoms with Crippen LogP contribution in [0, 0.1) is 11.8 Å². The Morgan fingerprint density at radius 3 is 1.73 bits per heavy atom. The van der Waals surface area contributed by atoms with Crippen molar-refractivity contribution >= 4 is 5.97 Å². The van der Waals surface area contributed by atoms with Crippen molar-refractivity contribution in [1.29, 1.82) is 0 Å². The molecule has 0 aromatic carbocycles. The second-order valence-electron chi connectivity index (χ2n) is 2.64. The van der Waals surface area contributed by atoms with E-state index in [0.717, 1.165) is 13.3 Å². The summed E-state index contributed by atoms with van der Waals surface area (Å²) in [4.78, 5) is 9.00. The van der Waals surface area contributed by atoms with Crippen LogP contribution in [-0.2, 0) is 4.79 Å². The van der Waals surface area contributed by atoms with E-state index in [1.807, 2.05) is 0 Å². The van der Waals surface area contributed by atoms with Gasteiger partial charge in [-0.2, -0.15) is 0 Å². The number of aliphatic carboxylic acids is 1. The molecule has 0 heterocycles. The van der Waals surface area contributed by atoms with Crippen LogP contribution >= 0.6 is 0 Å². The molecule has 0 saturated heterocycles. The normalized spacial score (nSPS) is 26.8. The van der Waals surface area contributed by atoms with Crippen molar-refractivity contribution < 1.29 is 20.1 Å². The molecule has 3 N–H and O–H groups in total. The van der Waals surface area contributed by atoms with Gasteiger partial charge in [0.1, 0.15) is 0 Å². The Morgan fingerprint density at radius 2 is 1.64 bits per heavy atom. The van der Waals surface area contributed by atoms with E-state index in [4.69, 9.17) is 20.1 Å². The molecule has 0 aromatic heterocycles. The second kappa shape index (κ2) is 5.09. The lowest BCUT2D eigenvalue weighted by Crippen LogP contribution is -1.91. The fraction of sp³-hybridized carbons (Fsp3) is 0.857. The molecule has 1 fully saturated rings. The van der Waals surface area contributed by atoms with Crippen LogP contribution in [0.5, 0.6) is 0 Å². The lowest BCUT2D eigenvalue weighted by atomic mass is 10.3. The van der Waals surface area contributed by atoms with Crippen molar-refractivity contribution in [2.75, 3.05) is 13.2 Å². The number of carboxylic acid groups (broad SMARTS) is 1. The van der Waals surface area contributed by atoms with Gasteiger partial charge in [0.2, 0.25) is 0 Å². The third-order valence-electron chi connectivity index (χ3n) is 1.54. The highest BCUT2D eigenvalue weighted by Crippen LogP contribution is 2.36. The molecule has 0 amide bonds. The van der Waals surface area contributed by atoms with Crippen LogP contribution in [0.1, 0.15) is 13.3 Å². The molecule has 4 nitrogen and oxygen atoms in total. The summed E-state index contributed by atoms with van der Waals surface area (Å²) in [6.45, 7) is 1.59. The van der Waals surface area contributed by atoms with E-state index < -0.39 is 5.97 Å². The molecule has 1 aliphatic carbocycles. The van der Waals surface area contributed by atoms with Gasteiger partial charge in [0.25, 0.3) is 5.97 Å². The van der Waals surface area contributed by atoms with Crippen LogP contribution in [0.15, 0.2) is 0 Å². The molecule has 1 aliphatic rings. The summed E-state index contributed by atoms with van der Waals surface area (Å²) < 4.78 is 0. The molecule has 2 atom stereocenters. The van der Waals surface area contributed by atoms with Gasteiger partial charge in [-0.05, 0) is 18.3 Å². The average molecular weight is 162 g/mol. The van der Waals surface area contributed by atoms with Crippen LogP contribution in [0.2, 0.25) is 0 Å². The minimum absolute atomic E-state index is 0.255. The molecule has 0 aromatic rings. The van der Waals surface area contributed by atoms with Gasteiger partial charge < -0.3 is 15.3 Å². The van der Waals surface area contributed by atoms with E-state index in [1.54, 1.807) is 0 Å². The minimum atomic E-state index is -0.833. The zero-order chi connectivity index (χ0) is 8.85. The molecule has 1 rings (SSSR count).